The van der Waals surface area contributed by atoms with Crippen LogP contribution >= 0.6 is 15.9 Å². The lowest BCUT2D eigenvalue weighted by atomic mass is 10.1. The first-order valence-electron chi connectivity index (χ1n) is 5.59. The van der Waals surface area contributed by atoms with E-state index >= 15 is 0 Å². The van der Waals surface area contributed by atoms with Crippen molar-refractivity contribution in [3.63, 3.8) is 0 Å². The average Bonchev–Trinajstić information content (AvgIpc) is 2.75. The van der Waals surface area contributed by atoms with Crippen molar-refractivity contribution in [2.45, 2.75) is 18.9 Å². The first-order chi connectivity index (χ1) is 8.49. The quantitative estimate of drug-likeness (QED) is 0.814. The van der Waals surface area contributed by atoms with Gasteiger partial charge in [0.2, 0.25) is 0 Å². The number of carboxylic acid groups (broad SMARTS) is 1. The molecule has 0 unspecified atom stereocenters. The lowest BCUT2D eigenvalue weighted by Gasteiger charge is -2.21. The lowest BCUT2D eigenvalue weighted by molar-refractivity contribution is -0.141. The van der Waals surface area contributed by atoms with Gasteiger partial charge in [-0.25, -0.2) is 4.79 Å². The number of carbonyl (C=O) groups excluding carboxylic acids is 1. The number of likely N-dealkylation sites (tertiary alicyclic amines) is 1. The van der Waals surface area contributed by atoms with Gasteiger partial charge in [-0.3, -0.25) is 4.79 Å². The molecule has 0 bridgehead atoms. The Hall–Kier alpha value is -1.56. The summed E-state index contributed by atoms with van der Waals surface area (Å²) in [5.41, 5.74) is 6.56. The zero-order valence-corrected chi connectivity index (χ0v) is 11.2. The summed E-state index contributed by atoms with van der Waals surface area (Å²) >= 11 is 3.27. The normalized spacial score (nSPS) is 18.9. The molecule has 1 aromatic rings. The third kappa shape index (κ3) is 2.48. The van der Waals surface area contributed by atoms with Gasteiger partial charge in [0, 0.05) is 22.3 Å². The number of hydrogen-bond donors (Lipinski definition) is 2. The number of nitrogens with two attached hydrogens (primary N) is 1. The maximum atomic E-state index is 12.3. The maximum absolute atomic E-state index is 12.3. The Kier molecular flexibility index (Phi) is 3.56. The molecule has 0 aliphatic carbocycles. The third-order valence-corrected chi connectivity index (χ3v) is 3.42. The van der Waals surface area contributed by atoms with Crippen molar-refractivity contribution < 1.29 is 14.7 Å². The number of nitrogens with zero attached hydrogens (tertiary/aromatic N) is 1. The Morgan fingerprint density at radius 2 is 2.11 bits per heavy atom. The van der Waals surface area contributed by atoms with E-state index < -0.39 is 12.0 Å². The predicted octanol–water partition coefficient (Wildman–Crippen LogP) is 1.72. The number of amides is 1. The van der Waals surface area contributed by atoms with Crippen molar-refractivity contribution in [2.75, 3.05) is 12.3 Å². The van der Waals surface area contributed by atoms with Crippen molar-refractivity contribution in [3.05, 3.63) is 28.2 Å². The highest BCUT2D eigenvalue weighted by Crippen LogP contribution is 2.23. The smallest absolute Gasteiger partial charge is 0.326 e. The van der Waals surface area contributed by atoms with Gasteiger partial charge in [0.05, 0.1) is 0 Å². The van der Waals surface area contributed by atoms with E-state index in [0.29, 0.717) is 35.1 Å². The van der Waals surface area contributed by atoms with Crippen LogP contribution in [0.4, 0.5) is 5.69 Å². The van der Waals surface area contributed by atoms with E-state index in [-0.39, 0.29) is 5.91 Å². The SMILES string of the molecule is Nc1cc(Br)cc(C(=O)N2CCC[C@H]2C(=O)O)c1. The number of halogens is 1. The number of anilines is 1. The van der Waals surface area contributed by atoms with Crippen LogP contribution in [0.15, 0.2) is 22.7 Å². The second-order valence-corrected chi connectivity index (χ2v) is 5.18. The fraction of sp³-hybridized carbons (Fsp3) is 0.333. The molecule has 0 spiro atoms. The summed E-state index contributed by atoms with van der Waals surface area (Å²) in [4.78, 5) is 24.7. The van der Waals surface area contributed by atoms with E-state index in [4.69, 9.17) is 10.8 Å². The number of carboxylic acids is 1. The van der Waals surface area contributed by atoms with Crippen molar-refractivity contribution in [2.24, 2.45) is 0 Å². The van der Waals surface area contributed by atoms with Gasteiger partial charge in [-0.2, -0.15) is 0 Å². The van der Waals surface area contributed by atoms with Crippen LogP contribution in [0.3, 0.4) is 0 Å². The molecule has 1 aliphatic rings. The number of rotatable bonds is 2. The van der Waals surface area contributed by atoms with E-state index in [9.17, 15) is 9.59 Å². The number of hydrogen-bond acceptors (Lipinski definition) is 3. The second kappa shape index (κ2) is 4.97. The molecule has 0 radical (unpaired) electrons. The van der Waals surface area contributed by atoms with E-state index in [2.05, 4.69) is 15.9 Å². The van der Waals surface area contributed by atoms with E-state index in [1.165, 1.54) is 4.90 Å². The van der Waals surface area contributed by atoms with Crippen LogP contribution in [-0.4, -0.2) is 34.5 Å². The standard InChI is InChI=1S/C12H13BrN2O3/c13-8-4-7(5-9(14)6-8)11(16)15-3-1-2-10(15)12(17)18/h4-6,10H,1-3,14H2,(H,17,18)/t10-/m0/s1. The van der Waals surface area contributed by atoms with Crippen LogP contribution in [-0.2, 0) is 4.79 Å². The molecular weight excluding hydrogens is 300 g/mol. The Labute approximate surface area is 113 Å². The van der Waals surface area contributed by atoms with Crippen molar-refractivity contribution in [3.8, 4) is 0 Å². The molecule has 0 aromatic heterocycles. The summed E-state index contributed by atoms with van der Waals surface area (Å²) in [6, 6.07) is 4.17. The van der Waals surface area contributed by atoms with Crippen LogP contribution < -0.4 is 5.73 Å². The van der Waals surface area contributed by atoms with Gasteiger partial charge < -0.3 is 15.7 Å². The molecule has 1 heterocycles. The Morgan fingerprint density at radius 1 is 1.39 bits per heavy atom. The summed E-state index contributed by atoms with van der Waals surface area (Å²) in [6.45, 7) is 0.474. The summed E-state index contributed by atoms with van der Waals surface area (Å²) in [5.74, 6) is -1.24. The largest absolute Gasteiger partial charge is 0.480 e. The zero-order chi connectivity index (χ0) is 13.3. The van der Waals surface area contributed by atoms with Gasteiger partial charge in [0.25, 0.3) is 5.91 Å². The molecule has 2 rings (SSSR count). The molecule has 18 heavy (non-hydrogen) atoms. The van der Waals surface area contributed by atoms with Crippen LogP contribution in [0.1, 0.15) is 23.2 Å². The van der Waals surface area contributed by atoms with E-state index in [0.717, 1.165) is 0 Å². The monoisotopic (exact) mass is 312 g/mol. The van der Waals surface area contributed by atoms with Crippen LogP contribution in [0.25, 0.3) is 0 Å². The molecule has 1 fully saturated rings. The molecule has 96 valence electrons. The fourth-order valence-corrected chi connectivity index (χ4v) is 2.68. The first kappa shape index (κ1) is 12.9. The van der Waals surface area contributed by atoms with Gasteiger partial charge in [0.1, 0.15) is 6.04 Å². The average molecular weight is 313 g/mol. The third-order valence-electron chi connectivity index (χ3n) is 2.97. The molecule has 0 saturated carbocycles. The fourth-order valence-electron chi connectivity index (χ4n) is 2.17. The molecule has 3 N–H and O–H groups in total. The number of carbonyl (C=O) groups is 2. The Bertz CT molecular complexity index is 484. The van der Waals surface area contributed by atoms with Gasteiger partial charge >= 0.3 is 5.97 Å². The molecule has 1 aliphatic heterocycles. The second-order valence-electron chi connectivity index (χ2n) is 4.27. The topological polar surface area (TPSA) is 83.6 Å². The number of aliphatic carboxylic acids is 1. The minimum atomic E-state index is -0.955. The predicted molar refractivity (Wildman–Crippen MR) is 70.2 cm³/mol. The van der Waals surface area contributed by atoms with Gasteiger partial charge in [-0.15, -0.1) is 0 Å². The lowest BCUT2D eigenvalue weighted by Crippen LogP contribution is -2.40. The zero-order valence-electron chi connectivity index (χ0n) is 9.60. The van der Waals surface area contributed by atoms with E-state index in [1.54, 1.807) is 18.2 Å². The number of benzene rings is 1. The Morgan fingerprint density at radius 3 is 2.72 bits per heavy atom. The summed E-state index contributed by atoms with van der Waals surface area (Å²) in [7, 11) is 0. The van der Waals surface area contributed by atoms with Gasteiger partial charge in [0.15, 0.2) is 0 Å². The van der Waals surface area contributed by atoms with Crippen LogP contribution in [0.2, 0.25) is 0 Å². The van der Waals surface area contributed by atoms with Gasteiger partial charge in [-0.1, -0.05) is 15.9 Å². The molecule has 1 amide bonds. The molecular formula is C12H13BrN2O3. The molecule has 5 nitrogen and oxygen atoms in total. The molecule has 1 aromatic carbocycles. The molecule has 1 atom stereocenters. The summed E-state index contributed by atoms with van der Waals surface area (Å²) in [5, 5.41) is 9.06. The van der Waals surface area contributed by atoms with Gasteiger partial charge in [-0.05, 0) is 31.0 Å². The maximum Gasteiger partial charge on any atom is 0.326 e. The highest BCUT2D eigenvalue weighted by atomic mass is 79.9. The molecule has 6 heteroatoms. The molecule has 1 saturated heterocycles. The number of nitrogen functional groups attached to an aromatic ring is 1. The van der Waals surface area contributed by atoms with E-state index in [1.807, 2.05) is 0 Å². The van der Waals surface area contributed by atoms with Crippen LogP contribution in [0.5, 0.6) is 0 Å². The van der Waals surface area contributed by atoms with Crippen molar-refractivity contribution in [1.82, 2.24) is 4.90 Å². The van der Waals surface area contributed by atoms with Crippen molar-refractivity contribution >= 4 is 33.5 Å². The minimum Gasteiger partial charge on any atom is -0.480 e. The highest BCUT2D eigenvalue weighted by Gasteiger charge is 2.34. The highest BCUT2D eigenvalue weighted by molar-refractivity contribution is 9.10. The summed E-state index contributed by atoms with van der Waals surface area (Å²) in [6.07, 6.45) is 1.22. The first-order valence-corrected chi connectivity index (χ1v) is 6.38. The Balaban J connectivity index is 2.28. The van der Waals surface area contributed by atoms with Crippen LogP contribution in [0, 0.1) is 0 Å². The summed E-state index contributed by atoms with van der Waals surface area (Å²) < 4.78 is 0.705. The minimum absolute atomic E-state index is 0.284. The van der Waals surface area contributed by atoms with Crippen molar-refractivity contribution in [1.29, 1.82) is 0 Å².